The predicted octanol–water partition coefficient (Wildman–Crippen LogP) is 2.34. The molecule has 0 aliphatic carbocycles. The number of piperidine rings is 1. The molecule has 0 atom stereocenters. The molecule has 25 heavy (non-hydrogen) atoms. The van der Waals surface area contributed by atoms with Crippen LogP contribution in [0.3, 0.4) is 0 Å². The van der Waals surface area contributed by atoms with E-state index in [2.05, 4.69) is 21.3 Å². The van der Waals surface area contributed by atoms with Crippen LogP contribution in [0.25, 0.3) is 0 Å². The number of carbonyl (C=O) groups excluding carboxylic acids is 1. The molecule has 6 nitrogen and oxygen atoms in total. The van der Waals surface area contributed by atoms with Crippen molar-refractivity contribution in [2.24, 2.45) is 5.92 Å². The van der Waals surface area contributed by atoms with E-state index in [0.717, 1.165) is 43.7 Å². The summed E-state index contributed by atoms with van der Waals surface area (Å²) in [5, 5.41) is 20.9. The molecule has 2 heterocycles. The van der Waals surface area contributed by atoms with Crippen LogP contribution in [0.1, 0.15) is 34.5 Å². The fourth-order valence-electron chi connectivity index (χ4n) is 3.13. The molecule has 0 spiro atoms. The summed E-state index contributed by atoms with van der Waals surface area (Å²) in [7, 11) is 0. The second-order valence-corrected chi connectivity index (χ2v) is 6.47. The first-order chi connectivity index (χ1) is 12.2. The van der Waals surface area contributed by atoms with Crippen LogP contribution in [0.15, 0.2) is 36.5 Å². The van der Waals surface area contributed by atoms with Gasteiger partial charge in [-0.1, -0.05) is 12.1 Å². The maximum atomic E-state index is 12.2. The number of aliphatic hydroxyl groups is 1. The number of nitrogens with one attached hydrogen (secondary N) is 2. The summed E-state index contributed by atoms with van der Waals surface area (Å²) < 4.78 is 0. The largest absolute Gasteiger partial charge is 0.396 e. The molecule has 1 amide bonds. The van der Waals surface area contributed by atoms with Crippen molar-refractivity contribution in [2.45, 2.75) is 19.4 Å². The number of benzene rings is 1. The molecule has 1 fully saturated rings. The Morgan fingerprint density at radius 3 is 2.84 bits per heavy atom. The van der Waals surface area contributed by atoms with Crippen LogP contribution in [0.5, 0.6) is 0 Å². The minimum atomic E-state index is -0.237. The second-order valence-electron chi connectivity index (χ2n) is 6.47. The number of aliphatic hydroxyl groups excluding tert-OH is 1. The third-order valence-electron chi connectivity index (χ3n) is 4.62. The first-order valence-corrected chi connectivity index (χ1v) is 8.50. The molecule has 6 heteroatoms. The predicted molar refractivity (Wildman–Crippen MR) is 95.0 cm³/mol. The summed E-state index contributed by atoms with van der Waals surface area (Å²) in [5.41, 5.74) is 2.69. The Labute approximate surface area is 147 Å². The lowest BCUT2D eigenvalue weighted by Gasteiger charge is -2.31. The zero-order chi connectivity index (χ0) is 17.6. The number of likely N-dealkylation sites (tertiary alicyclic amines) is 1. The number of hydrogen-bond donors (Lipinski definition) is 3. The van der Waals surface area contributed by atoms with Crippen molar-refractivity contribution in [1.82, 2.24) is 9.88 Å². The van der Waals surface area contributed by atoms with Crippen molar-refractivity contribution in [2.75, 3.05) is 25.0 Å². The van der Waals surface area contributed by atoms with Crippen LogP contribution in [0.2, 0.25) is 0 Å². The van der Waals surface area contributed by atoms with Crippen molar-refractivity contribution in [3.8, 4) is 6.07 Å². The standard InChI is InChI=1S/C19H22N4O2/c20-10-18-9-16(11-21-18)19(25)22-17-3-1-2-15(8-17)12-23-6-4-14(13-24)5-7-23/h1-3,8-9,11,14,21,24H,4-7,12-13H2,(H,22,25). The first-order valence-electron chi connectivity index (χ1n) is 8.50. The Morgan fingerprint density at radius 1 is 1.36 bits per heavy atom. The summed E-state index contributed by atoms with van der Waals surface area (Å²) in [4.78, 5) is 17.4. The van der Waals surface area contributed by atoms with Gasteiger partial charge in [-0.2, -0.15) is 5.26 Å². The van der Waals surface area contributed by atoms with Gasteiger partial charge in [-0.05, 0) is 55.6 Å². The van der Waals surface area contributed by atoms with Gasteiger partial charge in [-0.25, -0.2) is 0 Å². The smallest absolute Gasteiger partial charge is 0.257 e. The number of amides is 1. The number of carbonyl (C=O) groups is 1. The molecule has 3 rings (SSSR count). The van der Waals surface area contributed by atoms with Crippen molar-refractivity contribution >= 4 is 11.6 Å². The molecule has 3 N–H and O–H groups in total. The number of rotatable bonds is 5. The molecule has 0 saturated carbocycles. The number of H-pyrrole nitrogens is 1. The van der Waals surface area contributed by atoms with E-state index in [0.29, 0.717) is 17.2 Å². The monoisotopic (exact) mass is 338 g/mol. The van der Waals surface area contributed by atoms with Gasteiger partial charge in [-0.15, -0.1) is 0 Å². The van der Waals surface area contributed by atoms with Gasteiger partial charge >= 0.3 is 0 Å². The molecule has 1 aliphatic heterocycles. The molecule has 1 aliphatic rings. The van der Waals surface area contributed by atoms with Crippen LogP contribution in [0, 0.1) is 17.2 Å². The van der Waals surface area contributed by atoms with Crippen LogP contribution >= 0.6 is 0 Å². The molecule has 2 aromatic rings. The highest BCUT2D eigenvalue weighted by Gasteiger charge is 2.18. The van der Waals surface area contributed by atoms with Crippen LogP contribution in [0.4, 0.5) is 5.69 Å². The molecular weight excluding hydrogens is 316 g/mol. The van der Waals surface area contributed by atoms with Gasteiger partial charge in [0.2, 0.25) is 0 Å². The van der Waals surface area contributed by atoms with E-state index in [-0.39, 0.29) is 12.5 Å². The van der Waals surface area contributed by atoms with E-state index in [4.69, 9.17) is 5.26 Å². The van der Waals surface area contributed by atoms with E-state index >= 15 is 0 Å². The van der Waals surface area contributed by atoms with E-state index in [1.165, 1.54) is 12.3 Å². The van der Waals surface area contributed by atoms with E-state index in [9.17, 15) is 9.90 Å². The van der Waals surface area contributed by atoms with Gasteiger partial charge in [0.1, 0.15) is 11.8 Å². The number of nitriles is 1. The molecule has 0 bridgehead atoms. The van der Waals surface area contributed by atoms with E-state index in [1.54, 1.807) is 0 Å². The minimum absolute atomic E-state index is 0.237. The molecule has 1 aromatic heterocycles. The highest BCUT2D eigenvalue weighted by atomic mass is 16.3. The number of aromatic amines is 1. The van der Waals surface area contributed by atoms with E-state index < -0.39 is 0 Å². The van der Waals surface area contributed by atoms with Crippen molar-refractivity contribution in [1.29, 1.82) is 5.26 Å². The minimum Gasteiger partial charge on any atom is -0.396 e. The average Bonchev–Trinajstić information content (AvgIpc) is 3.12. The Morgan fingerprint density at radius 2 is 2.16 bits per heavy atom. The normalized spacial score (nSPS) is 15.7. The number of aromatic nitrogens is 1. The molecule has 0 unspecified atom stereocenters. The lowest BCUT2D eigenvalue weighted by molar-refractivity contribution is 0.102. The maximum Gasteiger partial charge on any atom is 0.257 e. The summed E-state index contributed by atoms with van der Waals surface area (Å²) in [6.45, 7) is 3.09. The fraction of sp³-hybridized carbons (Fsp3) is 0.368. The number of nitrogens with zero attached hydrogens (tertiary/aromatic N) is 2. The van der Waals surface area contributed by atoms with Crippen molar-refractivity contribution in [3.05, 3.63) is 53.3 Å². The van der Waals surface area contributed by atoms with Crippen LogP contribution < -0.4 is 5.32 Å². The molecular formula is C19H22N4O2. The molecule has 1 saturated heterocycles. The quantitative estimate of drug-likeness (QED) is 0.780. The number of hydrogen-bond acceptors (Lipinski definition) is 4. The Kier molecular flexibility index (Phi) is 5.49. The summed E-state index contributed by atoms with van der Waals surface area (Å²) >= 11 is 0. The summed E-state index contributed by atoms with van der Waals surface area (Å²) in [6, 6.07) is 11.3. The van der Waals surface area contributed by atoms with Crippen molar-refractivity contribution in [3.63, 3.8) is 0 Å². The van der Waals surface area contributed by atoms with Gasteiger partial charge in [0.05, 0.1) is 5.56 Å². The topological polar surface area (TPSA) is 92.2 Å². The van der Waals surface area contributed by atoms with Gasteiger partial charge in [0, 0.05) is 25.0 Å². The average molecular weight is 338 g/mol. The second kappa shape index (κ2) is 7.97. The maximum absolute atomic E-state index is 12.2. The Hall–Kier alpha value is -2.62. The highest BCUT2D eigenvalue weighted by molar-refractivity contribution is 6.04. The fourth-order valence-corrected chi connectivity index (χ4v) is 3.13. The lowest BCUT2D eigenvalue weighted by Crippen LogP contribution is -2.34. The Bertz CT molecular complexity index is 770. The van der Waals surface area contributed by atoms with Crippen LogP contribution in [-0.2, 0) is 6.54 Å². The third kappa shape index (κ3) is 4.47. The van der Waals surface area contributed by atoms with Gasteiger partial charge < -0.3 is 15.4 Å². The molecule has 0 radical (unpaired) electrons. The van der Waals surface area contributed by atoms with Crippen LogP contribution in [-0.4, -0.2) is 40.6 Å². The van der Waals surface area contributed by atoms with E-state index in [1.807, 2.05) is 24.3 Å². The zero-order valence-electron chi connectivity index (χ0n) is 14.0. The first kappa shape index (κ1) is 17.2. The van der Waals surface area contributed by atoms with Gasteiger partial charge in [0.25, 0.3) is 5.91 Å². The molecule has 1 aromatic carbocycles. The van der Waals surface area contributed by atoms with Crippen molar-refractivity contribution < 1.29 is 9.90 Å². The summed E-state index contributed by atoms with van der Waals surface area (Å²) in [6.07, 6.45) is 3.59. The highest BCUT2D eigenvalue weighted by Crippen LogP contribution is 2.20. The Balaban J connectivity index is 1.60. The zero-order valence-corrected chi connectivity index (χ0v) is 14.0. The summed E-state index contributed by atoms with van der Waals surface area (Å²) in [5.74, 6) is 0.195. The molecule has 130 valence electrons. The lowest BCUT2D eigenvalue weighted by atomic mass is 9.97. The third-order valence-corrected chi connectivity index (χ3v) is 4.62. The SMILES string of the molecule is N#Cc1cc(C(=O)Nc2cccc(CN3CCC(CO)CC3)c2)c[nH]1. The number of anilines is 1. The van der Waals surface area contributed by atoms with Gasteiger partial charge in [-0.3, -0.25) is 9.69 Å². The van der Waals surface area contributed by atoms with Gasteiger partial charge in [0.15, 0.2) is 0 Å².